The highest BCUT2D eigenvalue weighted by atomic mass is 16.4. The van der Waals surface area contributed by atoms with Gasteiger partial charge in [-0.25, -0.2) is 0 Å². The Morgan fingerprint density at radius 3 is 2.71 bits per heavy atom. The van der Waals surface area contributed by atoms with Gasteiger partial charge in [0.2, 0.25) is 0 Å². The predicted molar refractivity (Wildman–Crippen MR) is 53.8 cm³/mol. The van der Waals surface area contributed by atoms with Crippen molar-refractivity contribution in [2.24, 2.45) is 0 Å². The van der Waals surface area contributed by atoms with E-state index in [9.17, 15) is 4.79 Å². The van der Waals surface area contributed by atoms with E-state index in [0.29, 0.717) is 12.8 Å². The summed E-state index contributed by atoms with van der Waals surface area (Å²) >= 11 is 0. The Kier molecular flexibility index (Phi) is 6.77. The Balaban J connectivity index is 3.85. The summed E-state index contributed by atoms with van der Waals surface area (Å²) in [5.41, 5.74) is 0. The number of hydrogen-bond donors (Lipinski definition) is 1. The second-order valence-corrected chi connectivity index (χ2v) is 3.32. The van der Waals surface area contributed by atoms with E-state index in [4.69, 9.17) is 10.4 Å². The van der Waals surface area contributed by atoms with Crippen LogP contribution < -0.4 is 0 Å². The molecule has 0 aromatic carbocycles. The molecule has 0 heterocycles. The molecule has 14 heavy (non-hydrogen) atoms. The third kappa shape index (κ3) is 5.55. The van der Waals surface area contributed by atoms with E-state index in [1.54, 1.807) is 0 Å². The molecule has 0 aliphatic carbocycles. The molecule has 0 rings (SSSR count). The van der Waals surface area contributed by atoms with Crippen LogP contribution in [0.3, 0.4) is 0 Å². The molecule has 1 atom stereocenters. The van der Waals surface area contributed by atoms with E-state index in [1.807, 2.05) is 13.8 Å². The van der Waals surface area contributed by atoms with Gasteiger partial charge in [0.25, 0.3) is 0 Å². The molecule has 0 aromatic rings. The average Bonchev–Trinajstić information content (AvgIpc) is 2.16. The Morgan fingerprint density at radius 1 is 1.64 bits per heavy atom. The second-order valence-electron chi connectivity index (χ2n) is 3.32. The lowest BCUT2D eigenvalue weighted by Gasteiger charge is -2.26. The first-order valence-electron chi connectivity index (χ1n) is 4.94. The Labute approximate surface area is 85.1 Å². The molecule has 0 bridgehead atoms. The van der Waals surface area contributed by atoms with Crippen LogP contribution in [0.4, 0.5) is 0 Å². The van der Waals surface area contributed by atoms with Gasteiger partial charge in [-0.05, 0) is 19.9 Å². The van der Waals surface area contributed by atoms with Gasteiger partial charge in [0, 0.05) is 25.4 Å². The molecule has 1 unspecified atom stereocenters. The first kappa shape index (κ1) is 12.9. The van der Waals surface area contributed by atoms with Gasteiger partial charge in [-0.2, -0.15) is 5.26 Å². The summed E-state index contributed by atoms with van der Waals surface area (Å²) in [6.07, 6.45) is 1.35. The standard InChI is InChI=1S/C10H18N2O2/c1-3-12(8-4-7-11)9(2)5-6-10(13)14/h9H,3-6,8H2,1-2H3,(H,13,14). The molecule has 0 radical (unpaired) electrons. The molecule has 80 valence electrons. The zero-order valence-electron chi connectivity index (χ0n) is 8.86. The maximum atomic E-state index is 10.4. The van der Waals surface area contributed by atoms with Crippen LogP contribution in [-0.2, 0) is 4.79 Å². The van der Waals surface area contributed by atoms with Crippen LogP contribution >= 0.6 is 0 Å². The SMILES string of the molecule is CCN(CCC#N)C(C)CCC(=O)O. The number of nitriles is 1. The smallest absolute Gasteiger partial charge is 0.303 e. The molecule has 1 N–H and O–H groups in total. The number of carboxylic acids is 1. The highest BCUT2D eigenvalue weighted by molar-refractivity contribution is 5.66. The summed E-state index contributed by atoms with van der Waals surface area (Å²) < 4.78 is 0. The maximum absolute atomic E-state index is 10.4. The minimum Gasteiger partial charge on any atom is -0.481 e. The monoisotopic (exact) mass is 198 g/mol. The first-order valence-corrected chi connectivity index (χ1v) is 4.94. The molecule has 0 saturated carbocycles. The summed E-state index contributed by atoms with van der Waals surface area (Å²) in [5.74, 6) is -0.756. The highest BCUT2D eigenvalue weighted by Gasteiger charge is 2.12. The lowest BCUT2D eigenvalue weighted by atomic mass is 10.1. The maximum Gasteiger partial charge on any atom is 0.303 e. The van der Waals surface area contributed by atoms with Gasteiger partial charge in [-0.15, -0.1) is 0 Å². The summed E-state index contributed by atoms with van der Waals surface area (Å²) in [6.45, 7) is 5.62. The zero-order valence-corrected chi connectivity index (χ0v) is 8.86. The average molecular weight is 198 g/mol. The number of nitrogens with zero attached hydrogens (tertiary/aromatic N) is 2. The fourth-order valence-corrected chi connectivity index (χ4v) is 1.40. The van der Waals surface area contributed by atoms with Crippen LogP contribution in [0.1, 0.15) is 33.1 Å². The van der Waals surface area contributed by atoms with Crippen LogP contribution in [0.25, 0.3) is 0 Å². The number of carbonyl (C=O) groups is 1. The molecule has 4 nitrogen and oxygen atoms in total. The van der Waals surface area contributed by atoms with Gasteiger partial charge in [0.1, 0.15) is 0 Å². The van der Waals surface area contributed by atoms with Gasteiger partial charge < -0.3 is 5.11 Å². The van der Waals surface area contributed by atoms with Crippen LogP contribution in [-0.4, -0.2) is 35.1 Å². The van der Waals surface area contributed by atoms with Crippen molar-refractivity contribution in [3.05, 3.63) is 0 Å². The summed E-state index contributed by atoms with van der Waals surface area (Å²) in [7, 11) is 0. The summed E-state index contributed by atoms with van der Waals surface area (Å²) in [5, 5.41) is 17.0. The molecule has 0 amide bonds. The molecule has 0 spiro atoms. The highest BCUT2D eigenvalue weighted by Crippen LogP contribution is 2.06. The fourth-order valence-electron chi connectivity index (χ4n) is 1.40. The van der Waals surface area contributed by atoms with Crippen LogP contribution in [0, 0.1) is 11.3 Å². The van der Waals surface area contributed by atoms with E-state index in [-0.39, 0.29) is 12.5 Å². The topological polar surface area (TPSA) is 64.3 Å². The Morgan fingerprint density at radius 2 is 2.29 bits per heavy atom. The van der Waals surface area contributed by atoms with Crippen molar-refractivity contribution >= 4 is 5.97 Å². The van der Waals surface area contributed by atoms with E-state index >= 15 is 0 Å². The Hall–Kier alpha value is -1.08. The van der Waals surface area contributed by atoms with Crippen molar-refractivity contribution in [2.75, 3.05) is 13.1 Å². The number of aliphatic carboxylic acids is 1. The van der Waals surface area contributed by atoms with Gasteiger partial charge in [-0.1, -0.05) is 6.92 Å². The van der Waals surface area contributed by atoms with Crippen LogP contribution in [0.5, 0.6) is 0 Å². The van der Waals surface area contributed by atoms with Crippen molar-refractivity contribution in [3.63, 3.8) is 0 Å². The molecule has 0 fully saturated rings. The van der Waals surface area contributed by atoms with Crippen molar-refractivity contribution in [2.45, 2.75) is 39.2 Å². The minimum absolute atomic E-state index is 0.199. The molecule has 4 heteroatoms. The summed E-state index contributed by atoms with van der Waals surface area (Å²) in [4.78, 5) is 12.5. The lowest BCUT2D eigenvalue weighted by Crippen LogP contribution is -2.34. The van der Waals surface area contributed by atoms with Crippen LogP contribution in [0.2, 0.25) is 0 Å². The van der Waals surface area contributed by atoms with E-state index in [0.717, 1.165) is 13.1 Å². The summed E-state index contributed by atoms with van der Waals surface area (Å²) in [6, 6.07) is 2.33. The van der Waals surface area contributed by atoms with E-state index in [1.165, 1.54) is 0 Å². The van der Waals surface area contributed by atoms with Crippen LogP contribution in [0.15, 0.2) is 0 Å². The second kappa shape index (κ2) is 7.34. The predicted octanol–water partition coefficient (Wildman–Crippen LogP) is 1.48. The van der Waals surface area contributed by atoms with Gasteiger partial charge >= 0.3 is 5.97 Å². The van der Waals surface area contributed by atoms with Gasteiger partial charge in [-0.3, -0.25) is 9.69 Å². The molecule has 0 saturated heterocycles. The molecular weight excluding hydrogens is 180 g/mol. The van der Waals surface area contributed by atoms with Gasteiger partial charge in [0.05, 0.1) is 6.07 Å². The zero-order chi connectivity index (χ0) is 11.0. The molecule has 0 aliphatic heterocycles. The number of carboxylic acid groups (broad SMARTS) is 1. The van der Waals surface area contributed by atoms with Gasteiger partial charge in [0.15, 0.2) is 0 Å². The van der Waals surface area contributed by atoms with Crippen molar-refractivity contribution in [1.29, 1.82) is 5.26 Å². The third-order valence-corrected chi connectivity index (χ3v) is 2.32. The van der Waals surface area contributed by atoms with Crippen molar-refractivity contribution in [1.82, 2.24) is 4.90 Å². The van der Waals surface area contributed by atoms with Crippen molar-refractivity contribution < 1.29 is 9.90 Å². The first-order chi connectivity index (χ1) is 6.61. The van der Waals surface area contributed by atoms with E-state index in [2.05, 4.69) is 11.0 Å². The minimum atomic E-state index is -0.756. The molecule has 0 aliphatic rings. The lowest BCUT2D eigenvalue weighted by molar-refractivity contribution is -0.137. The quantitative estimate of drug-likeness (QED) is 0.673. The normalized spacial score (nSPS) is 12.4. The molecule has 0 aromatic heterocycles. The fraction of sp³-hybridized carbons (Fsp3) is 0.800. The number of rotatable bonds is 7. The molecular formula is C10H18N2O2. The largest absolute Gasteiger partial charge is 0.481 e. The Bertz CT molecular complexity index is 211. The van der Waals surface area contributed by atoms with Crippen molar-refractivity contribution in [3.8, 4) is 6.07 Å². The number of hydrogen-bond acceptors (Lipinski definition) is 3. The third-order valence-electron chi connectivity index (χ3n) is 2.32. The van der Waals surface area contributed by atoms with E-state index < -0.39 is 5.97 Å².